The molecule has 13 heteroatoms. The van der Waals surface area contributed by atoms with E-state index in [1.165, 1.54) is 4.88 Å². The van der Waals surface area contributed by atoms with Crippen LogP contribution >= 0.6 is 11.3 Å². The first-order chi connectivity index (χ1) is 19.7. The highest BCUT2D eigenvalue weighted by atomic mass is 32.1. The third-order valence-corrected chi connectivity index (χ3v) is 10.7. The monoisotopic (exact) mass is 578 g/mol. The molecule has 0 radical (unpaired) electrons. The molecular formula is C28H35FN10OS. The minimum Gasteiger partial charge on any atom is -0.461 e. The van der Waals surface area contributed by atoms with E-state index in [0.29, 0.717) is 55.1 Å². The third kappa shape index (κ3) is 4.22. The van der Waals surface area contributed by atoms with Gasteiger partial charge in [-0.25, -0.2) is 4.39 Å². The van der Waals surface area contributed by atoms with Crippen LogP contribution in [0.4, 0.5) is 21.3 Å². The summed E-state index contributed by atoms with van der Waals surface area (Å²) >= 11 is 1.54. The van der Waals surface area contributed by atoms with Crippen molar-refractivity contribution in [3.8, 4) is 12.1 Å². The second-order valence-electron chi connectivity index (χ2n) is 12.2. The number of alkyl halides is 1. The van der Waals surface area contributed by atoms with Gasteiger partial charge in [-0.1, -0.05) is 0 Å². The standard InChI is InChI=1S/C28H35FN10OS/c1-17(20-6-10-36(2)35-20)37(3)24-32-25(34-26(33-24)40-16-28-7-4-9-39(28)13-18(29)11-28)38-14-27(15-38)8-5-21-22(27)19(12-30)23(31)41-21/h6,10,17-18H,4-5,7-9,11,13-16,31H2,1-3H3/t17?,18-,28+/m1/s1. The molecule has 1 spiro atoms. The number of thiophene rings is 1. The molecule has 0 saturated carbocycles. The second kappa shape index (κ2) is 9.52. The van der Waals surface area contributed by atoms with E-state index >= 15 is 0 Å². The Balaban J connectivity index is 1.18. The Kier molecular flexibility index (Phi) is 6.13. The van der Waals surface area contributed by atoms with Crippen molar-refractivity contribution in [2.75, 3.05) is 55.4 Å². The summed E-state index contributed by atoms with van der Waals surface area (Å²) in [5.41, 5.74) is 8.43. The molecule has 3 aliphatic heterocycles. The molecule has 0 aromatic carbocycles. The van der Waals surface area contributed by atoms with E-state index in [1.807, 2.05) is 31.3 Å². The van der Waals surface area contributed by atoms with Crippen molar-refractivity contribution >= 4 is 28.2 Å². The number of halogens is 1. The summed E-state index contributed by atoms with van der Waals surface area (Å²) in [5.74, 6) is 1.03. The van der Waals surface area contributed by atoms with Gasteiger partial charge in [-0.2, -0.15) is 25.3 Å². The molecule has 2 N–H and O–H groups in total. The van der Waals surface area contributed by atoms with Crippen molar-refractivity contribution < 1.29 is 9.13 Å². The Bertz CT molecular complexity index is 1530. The first kappa shape index (κ1) is 26.4. The Hall–Kier alpha value is -3.50. The Labute approximate surface area is 242 Å². The summed E-state index contributed by atoms with van der Waals surface area (Å²) in [7, 11) is 3.84. The smallest absolute Gasteiger partial charge is 0.323 e. The van der Waals surface area contributed by atoms with Gasteiger partial charge in [-0.15, -0.1) is 11.3 Å². The lowest BCUT2D eigenvalue weighted by Gasteiger charge is -2.48. The normalized spacial score (nSPS) is 25.1. The summed E-state index contributed by atoms with van der Waals surface area (Å²) in [6.45, 7) is 5.19. The Morgan fingerprint density at radius 3 is 2.90 bits per heavy atom. The molecule has 216 valence electrons. The lowest BCUT2D eigenvalue weighted by molar-refractivity contribution is 0.107. The summed E-state index contributed by atoms with van der Waals surface area (Å²) < 4.78 is 22.5. The SMILES string of the molecule is CC(c1ccn(C)n1)N(C)c1nc(OC[C@@]23CCCN2C[C@H](F)C3)nc(N2CC3(CCc4sc(N)c(C#N)c43)C2)n1. The van der Waals surface area contributed by atoms with Crippen LogP contribution in [-0.2, 0) is 18.9 Å². The predicted molar refractivity (Wildman–Crippen MR) is 154 cm³/mol. The number of nitrogens with zero attached hydrogens (tertiary/aromatic N) is 9. The molecule has 41 heavy (non-hydrogen) atoms. The molecule has 11 nitrogen and oxygen atoms in total. The van der Waals surface area contributed by atoms with Gasteiger partial charge in [0.15, 0.2) is 0 Å². The zero-order valence-electron chi connectivity index (χ0n) is 23.7. The first-order valence-corrected chi connectivity index (χ1v) is 15.1. The quantitative estimate of drug-likeness (QED) is 0.447. The number of ether oxygens (including phenoxy) is 1. The van der Waals surface area contributed by atoms with Gasteiger partial charge in [0.2, 0.25) is 11.9 Å². The van der Waals surface area contributed by atoms with E-state index in [1.54, 1.807) is 16.0 Å². The minimum absolute atomic E-state index is 0.0857. The van der Waals surface area contributed by atoms with E-state index in [9.17, 15) is 9.65 Å². The van der Waals surface area contributed by atoms with Crippen LogP contribution in [0.15, 0.2) is 12.3 Å². The van der Waals surface area contributed by atoms with Gasteiger partial charge in [-0.05, 0) is 50.8 Å². The maximum absolute atomic E-state index is 14.4. The summed E-state index contributed by atoms with van der Waals surface area (Å²) in [4.78, 5) is 21.9. The summed E-state index contributed by atoms with van der Waals surface area (Å²) in [6, 6.07) is 4.49. The van der Waals surface area contributed by atoms with Crippen LogP contribution < -0.4 is 20.3 Å². The first-order valence-electron chi connectivity index (χ1n) is 14.3. The van der Waals surface area contributed by atoms with E-state index < -0.39 is 6.17 Å². The topological polar surface area (TPSA) is 125 Å². The van der Waals surface area contributed by atoms with Crippen molar-refractivity contribution in [3.63, 3.8) is 0 Å². The average molecular weight is 579 g/mol. The number of nitriles is 1. The largest absolute Gasteiger partial charge is 0.461 e. The fourth-order valence-electron chi connectivity index (χ4n) is 7.34. The number of aryl methyl sites for hydroxylation is 2. The number of nitrogens with two attached hydrogens (primary N) is 1. The molecule has 4 aliphatic rings. The van der Waals surface area contributed by atoms with Crippen LogP contribution in [0, 0.1) is 11.3 Å². The van der Waals surface area contributed by atoms with Gasteiger partial charge < -0.3 is 20.3 Å². The molecule has 0 amide bonds. The minimum atomic E-state index is -0.827. The lowest BCUT2D eigenvalue weighted by Crippen LogP contribution is -2.59. The molecule has 3 atom stereocenters. The molecule has 6 heterocycles. The zero-order valence-corrected chi connectivity index (χ0v) is 24.5. The van der Waals surface area contributed by atoms with Crippen molar-refractivity contribution in [1.82, 2.24) is 29.6 Å². The summed E-state index contributed by atoms with van der Waals surface area (Å²) in [6.07, 6.45) is 5.46. The molecule has 3 fully saturated rings. The van der Waals surface area contributed by atoms with Gasteiger partial charge in [0.05, 0.1) is 22.8 Å². The maximum atomic E-state index is 14.4. The number of fused-ring (bicyclic) bond motifs is 3. The number of nitrogen functional groups attached to an aromatic ring is 1. The van der Waals surface area contributed by atoms with Crippen LogP contribution in [-0.4, -0.2) is 81.2 Å². The molecule has 0 bridgehead atoms. The van der Waals surface area contributed by atoms with Crippen LogP contribution in [0.5, 0.6) is 6.01 Å². The summed E-state index contributed by atoms with van der Waals surface area (Å²) in [5, 5.41) is 15.0. The van der Waals surface area contributed by atoms with Crippen molar-refractivity contribution in [3.05, 3.63) is 34.0 Å². The highest BCUT2D eigenvalue weighted by molar-refractivity contribution is 7.16. The predicted octanol–water partition coefficient (Wildman–Crippen LogP) is 2.98. The third-order valence-electron chi connectivity index (χ3n) is 9.63. The fourth-order valence-corrected chi connectivity index (χ4v) is 8.48. The van der Waals surface area contributed by atoms with Crippen molar-refractivity contribution in [2.24, 2.45) is 7.05 Å². The number of aromatic nitrogens is 5. The molecule has 1 aliphatic carbocycles. The van der Waals surface area contributed by atoms with Crippen molar-refractivity contribution in [2.45, 2.75) is 62.2 Å². The highest BCUT2D eigenvalue weighted by Crippen LogP contribution is 2.52. The van der Waals surface area contributed by atoms with Crippen LogP contribution in [0.2, 0.25) is 0 Å². The molecule has 7 rings (SSSR count). The van der Waals surface area contributed by atoms with Crippen molar-refractivity contribution in [1.29, 1.82) is 5.26 Å². The molecular weight excluding hydrogens is 543 g/mol. The number of anilines is 3. The molecule has 3 aromatic rings. The molecule has 1 unspecified atom stereocenters. The van der Waals surface area contributed by atoms with Crippen LogP contribution in [0.3, 0.4) is 0 Å². The van der Waals surface area contributed by atoms with Crippen LogP contribution in [0.1, 0.15) is 60.3 Å². The Morgan fingerprint density at radius 2 is 2.15 bits per heavy atom. The maximum Gasteiger partial charge on any atom is 0.323 e. The number of hydrogen-bond acceptors (Lipinski definition) is 11. The molecule has 3 saturated heterocycles. The Morgan fingerprint density at radius 1 is 1.32 bits per heavy atom. The molecule has 3 aromatic heterocycles. The number of rotatable bonds is 7. The van der Waals surface area contributed by atoms with Gasteiger partial charge in [-0.3, -0.25) is 9.58 Å². The van der Waals surface area contributed by atoms with E-state index in [-0.39, 0.29) is 23.0 Å². The number of hydrogen-bond donors (Lipinski definition) is 1. The van der Waals surface area contributed by atoms with E-state index in [2.05, 4.69) is 27.9 Å². The highest BCUT2D eigenvalue weighted by Gasteiger charge is 2.52. The lowest BCUT2D eigenvalue weighted by atomic mass is 9.74. The van der Waals surface area contributed by atoms with Crippen LogP contribution in [0.25, 0.3) is 0 Å². The fraction of sp³-hybridized carbons (Fsp3) is 0.607. The van der Waals surface area contributed by atoms with E-state index in [0.717, 1.165) is 43.5 Å². The second-order valence-corrected chi connectivity index (χ2v) is 13.3. The van der Waals surface area contributed by atoms with Gasteiger partial charge in [0.25, 0.3) is 0 Å². The van der Waals surface area contributed by atoms with Gasteiger partial charge in [0, 0.05) is 56.6 Å². The van der Waals surface area contributed by atoms with Gasteiger partial charge in [0.1, 0.15) is 23.8 Å². The van der Waals surface area contributed by atoms with Gasteiger partial charge >= 0.3 is 6.01 Å². The average Bonchev–Trinajstić information content (AvgIpc) is 3.72. The van der Waals surface area contributed by atoms with E-state index in [4.69, 9.17) is 25.4 Å². The zero-order chi connectivity index (χ0) is 28.5.